The van der Waals surface area contributed by atoms with Gasteiger partial charge in [-0.05, 0) is 12.8 Å². The fourth-order valence-electron chi connectivity index (χ4n) is 1.91. The van der Waals surface area contributed by atoms with E-state index in [1.807, 2.05) is 0 Å². The first-order chi connectivity index (χ1) is 7.11. The molecule has 1 saturated heterocycles. The molecule has 1 amide bonds. The summed E-state index contributed by atoms with van der Waals surface area (Å²) >= 11 is 0. The molecule has 2 aliphatic heterocycles. The van der Waals surface area contributed by atoms with Gasteiger partial charge in [0.15, 0.2) is 11.7 Å². The van der Waals surface area contributed by atoms with E-state index in [-0.39, 0.29) is 0 Å². The van der Waals surface area contributed by atoms with Crippen molar-refractivity contribution in [1.29, 1.82) is 0 Å². The van der Waals surface area contributed by atoms with Gasteiger partial charge in [-0.3, -0.25) is 19.4 Å². The summed E-state index contributed by atoms with van der Waals surface area (Å²) in [5, 5.41) is 11.1. The van der Waals surface area contributed by atoms with Crippen LogP contribution in [0, 0.1) is 11.8 Å². The Labute approximate surface area is 85.4 Å². The Morgan fingerprint density at radius 2 is 2.20 bits per heavy atom. The molecule has 1 fully saturated rings. The predicted molar refractivity (Wildman–Crippen MR) is 49.3 cm³/mol. The number of hydrogen-bond donors (Lipinski definition) is 2. The van der Waals surface area contributed by atoms with Crippen LogP contribution in [-0.2, 0) is 14.4 Å². The first-order valence-corrected chi connectivity index (χ1v) is 4.73. The van der Waals surface area contributed by atoms with Gasteiger partial charge in [0.2, 0.25) is 5.91 Å². The molecule has 0 saturated carbocycles. The lowest BCUT2D eigenvalue weighted by Gasteiger charge is -2.29. The van der Waals surface area contributed by atoms with Gasteiger partial charge in [0.25, 0.3) is 0 Å². The maximum absolute atomic E-state index is 11.7. The van der Waals surface area contributed by atoms with Crippen molar-refractivity contribution < 1.29 is 19.5 Å². The smallest absolute Gasteiger partial charge is 0.323 e. The molecule has 2 atom stereocenters. The summed E-state index contributed by atoms with van der Waals surface area (Å²) < 4.78 is 0. The van der Waals surface area contributed by atoms with Crippen molar-refractivity contribution in [3.63, 3.8) is 0 Å². The SMILES string of the molecule is O=C(O)C1C(=O)NC2=NCCCC2C1=O. The van der Waals surface area contributed by atoms with Crippen molar-refractivity contribution in [2.75, 3.05) is 6.54 Å². The van der Waals surface area contributed by atoms with Crippen LogP contribution in [0.25, 0.3) is 0 Å². The summed E-state index contributed by atoms with van der Waals surface area (Å²) in [5.41, 5.74) is 0. The summed E-state index contributed by atoms with van der Waals surface area (Å²) in [5.74, 6) is -4.45. The van der Waals surface area contributed by atoms with Gasteiger partial charge in [-0.2, -0.15) is 0 Å². The Balaban J connectivity index is 2.32. The van der Waals surface area contributed by atoms with Gasteiger partial charge >= 0.3 is 5.97 Å². The van der Waals surface area contributed by atoms with Gasteiger partial charge in [0.1, 0.15) is 5.84 Å². The van der Waals surface area contributed by atoms with E-state index in [0.29, 0.717) is 18.8 Å². The van der Waals surface area contributed by atoms with Crippen LogP contribution in [0.5, 0.6) is 0 Å². The topological polar surface area (TPSA) is 95.8 Å². The van der Waals surface area contributed by atoms with E-state index in [1.54, 1.807) is 0 Å². The van der Waals surface area contributed by atoms with Crippen LogP contribution in [0.3, 0.4) is 0 Å². The van der Waals surface area contributed by atoms with Gasteiger partial charge < -0.3 is 10.4 Å². The highest BCUT2D eigenvalue weighted by Gasteiger charge is 2.45. The van der Waals surface area contributed by atoms with E-state index >= 15 is 0 Å². The van der Waals surface area contributed by atoms with E-state index in [1.165, 1.54) is 0 Å². The number of carbonyl (C=O) groups is 3. The zero-order chi connectivity index (χ0) is 11.0. The molecule has 2 aliphatic rings. The molecule has 0 aromatic rings. The second-order valence-electron chi connectivity index (χ2n) is 3.62. The van der Waals surface area contributed by atoms with Crippen LogP contribution in [0.4, 0.5) is 0 Å². The van der Waals surface area contributed by atoms with Crippen LogP contribution >= 0.6 is 0 Å². The van der Waals surface area contributed by atoms with Gasteiger partial charge in [-0.25, -0.2) is 0 Å². The molecular formula is C9H10N2O4. The summed E-state index contributed by atoms with van der Waals surface area (Å²) in [6, 6.07) is 0. The Morgan fingerprint density at radius 3 is 2.87 bits per heavy atom. The lowest BCUT2D eigenvalue weighted by molar-refractivity contribution is -0.152. The molecule has 15 heavy (non-hydrogen) atoms. The molecular weight excluding hydrogens is 200 g/mol. The summed E-state index contributed by atoms with van der Waals surface area (Å²) in [4.78, 5) is 37.7. The van der Waals surface area contributed by atoms with E-state index in [0.717, 1.165) is 6.42 Å². The highest BCUT2D eigenvalue weighted by Crippen LogP contribution is 2.23. The molecule has 0 aliphatic carbocycles. The summed E-state index contributed by atoms with van der Waals surface area (Å²) in [7, 11) is 0. The number of nitrogens with one attached hydrogen (secondary N) is 1. The monoisotopic (exact) mass is 210 g/mol. The third-order valence-electron chi connectivity index (χ3n) is 2.65. The van der Waals surface area contributed by atoms with Crippen molar-refractivity contribution in [3.8, 4) is 0 Å². The second-order valence-corrected chi connectivity index (χ2v) is 3.62. The number of carboxylic acid groups (broad SMARTS) is 1. The molecule has 0 bridgehead atoms. The third-order valence-corrected chi connectivity index (χ3v) is 2.65. The molecule has 2 heterocycles. The average Bonchev–Trinajstić information content (AvgIpc) is 2.17. The van der Waals surface area contributed by atoms with Crippen molar-refractivity contribution in [2.45, 2.75) is 12.8 Å². The number of carbonyl (C=O) groups excluding carboxylic acids is 2. The van der Waals surface area contributed by atoms with Gasteiger partial charge in [-0.15, -0.1) is 0 Å². The largest absolute Gasteiger partial charge is 0.480 e. The van der Waals surface area contributed by atoms with E-state index in [9.17, 15) is 14.4 Å². The number of fused-ring (bicyclic) bond motifs is 1. The number of Topliss-reactive ketones (excluding diaryl/α,β-unsaturated/α-hetero) is 1. The number of aliphatic carboxylic acids is 1. The fraction of sp³-hybridized carbons (Fsp3) is 0.556. The Hall–Kier alpha value is -1.72. The van der Waals surface area contributed by atoms with E-state index < -0.39 is 29.5 Å². The molecule has 2 unspecified atom stereocenters. The van der Waals surface area contributed by atoms with Gasteiger partial charge in [-0.1, -0.05) is 0 Å². The minimum atomic E-state index is -1.56. The zero-order valence-electron chi connectivity index (χ0n) is 7.90. The minimum absolute atomic E-state index is 0.341. The molecule has 0 radical (unpaired) electrons. The zero-order valence-corrected chi connectivity index (χ0v) is 7.90. The Kier molecular flexibility index (Phi) is 2.26. The number of amidine groups is 1. The van der Waals surface area contributed by atoms with Crippen molar-refractivity contribution in [2.24, 2.45) is 16.8 Å². The number of amides is 1. The van der Waals surface area contributed by atoms with Gasteiger partial charge in [0, 0.05) is 6.54 Å². The number of nitrogens with zero attached hydrogens (tertiary/aromatic N) is 1. The maximum atomic E-state index is 11.7. The summed E-state index contributed by atoms with van der Waals surface area (Å²) in [6.07, 6.45) is 1.32. The molecule has 0 aromatic heterocycles. The molecule has 0 aromatic carbocycles. The molecule has 2 rings (SSSR count). The Morgan fingerprint density at radius 1 is 1.47 bits per heavy atom. The number of hydrogen-bond acceptors (Lipinski definition) is 4. The predicted octanol–water partition coefficient (Wildman–Crippen LogP) is -0.805. The van der Waals surface area contributed by atoms with Crippen LogP contribution in [0.2, 0.25) is 0 Å². The molecule has 0 spiro atoms. The van der Waals surface area contributed by atoms with E-state index in [4.69, 9.17) is 5.11 Å². The first kappa shape index (κ1) is 9.82. The lowest BCUT2D eigenvalue weighted by atomic mass is 9.83. The van der Waals surface area contributed by atoms with Crippen molar-refractivity contribution in [1.82, 2.24) is 5.32 Å². The molecule has 2 N–H and O–H groups in total. The highest BCUT2D eigenvalue weighted by atomic mass is 16.4. The maximum Gasteiger partial charge on any atom is 0.323 e. The molecule has 6 nitrogen and oxygen atoms in total. The minimum Gasteiger partial charge on any atom is -0.480 e. The number of carboxylic acids is 1. The number of aliphatic imine (C=N–C) groups is 1. The second kappa shape index (κ2) is 3.45. The standard InChI is InChI=1S/C9H10N2O4/c12-6-4-2-1-3-10-7(4)11-8(13)5(6)9(14)15/h4-5H,1-3H2,(H,14,15)(H,10,11,13). The average molecular weight is 210 g/mol. The third kappa shape index (κ3) is 1.51. The fourth-order valence-corrected chi connectivity index (χ4v) is 1.91. The number of piperidine rings is 1. The summed E-state index contributed by atoms with van der Waals surface area (Å²) in [6.45, 7) is 0.580. The quantitative estimate of drug-likeness (QED) is 0.553. The van der Waals surface area contributed by atoms with Crippen LogP contribution in [-0.4, -0.2) is 35.1 Å². The van der Waals surface area contributed by atoms with Crippen LogP contribution in [0.15, 0.2) is 4.99 Å². The molecule has 80 valence electrons. The first-order valence-electron chi connectivity index (χ1n) is 4.73. The van der Waals surface area contributed by atoms with Crippen molar-refractivity contribution in [3.05, 3.63) is 0 Å². The lowest BCUT2D eigenvalue weighted by Crippen LogP contribution is -2.55. The molecule has 6 heteroatoms. The van der Waals surface area contributed by atoms with Crippen LogP contribution in [0.1, 0.15) is 12.8 Å². The Bertz CT molecular complexity index is 374. The van der Waals surface area contributed by atoms with Crippen LogP contribution < -0.4 is 5.32 Å². The number of rotatable bonds is 1. The van der Waals surface area contributed by atoms with Crippen molar-refractivity contribution >= 4 is 23.5 Å². The highest BCUT2D eigenvalue weighted by molar-refractivity contribution is 6.29. The number of ketones is 1. The van der Waals surface area contributed by atoms with Gasteiger partial charge in [0.05, 0.1) is 5.92 Å². The normalized spacial score (nSPS) is 30.3. The van der Waals surface area contributed by atoms with E-state index in [2.05, 4.69) is 10.3 Å².